The molecule has 3 nitrogen and oxygen atoms in total. The SMILES string of the molecule is CCCCCCCC(=O)N1CCN(C)C(C)C1. The minimum absolute atomic E-state index is 0.362. The maximum absolute atomic E-state index is 12.0. The van der Waals surface area contributed by atoms with E-state index in [1.807, 2.05) is 4.90 Å². The van der Waals surface area contributed by atoms with Crippen LogP contribution in [0.15, 0.2) is 0 Å². The molecule has 100 valence electrons. The summed E-state index contributed by atoms with van der Waals surface area (Å²) in [7, 11) is 2.14. The normalized spacial score (nSPS) is 21.8. The van der Waals surface area contributed by atoms with Gasteiger partial charge >= 0.3 is 0 Å². The van der Waals surface area contributed by atoms with Crippen LogP contribution in [0.4, 0.5) is 0 Å². The molecule has 17 heavy (non-hydrogen) atoms. The first-order valence-corrected chi connectivity index (χ1v) is 7.13. The number of carbonyl (C=O) groups excluding carboxylic acids is 1. The van der Waals surface area contributed by atoms with Gasteiger partial charge in [-0.1, -0.05) is 32.6 Å². The van der Waals surface area contributed by atoms with Crippen molar-refractivity contribution in [2.75, 3.05) is 26.7 Å². The first kappa shape index (κ1) is 14.5. The third kappa shape index (κ3) is 5.07. The summed E-state index contributed by atoms with van der Waals surface area (Å²) >= 11 is 0. The predicted octanol–water partition coefficient (Wildman–Crippen LogP) is 2.51. The summed E-state index contributed by atoms with van der Waals surface area (Å²) in [6.07, 6.45) is 6.88. The topological polar surface area (TPSA) is 23.6 Å². The van der Waals surface area contributed by atoms with Gasteiger partial charge in [-0.2, -0.15) is 0 Å². The van der Waals surface area contributed by atoms with Crippen LogP contribution >= 0.6 is 0 Å². The Labute approximate surface area is 106 Å². The van der Waals surface area contributed by atoms with Crippen molar-refractivity contribution < 1.29 is 4.79 Å². The van der Waals surface area contributed by atoms with Crippen LogP contribution in [0.5, 0.6) is 0 Å². The second-order valence-corrected chi connectivity index (χ2v) is 5.33. The van der Waals surface area contributed by atoms with Gasteiger partial charge in [0.05, 0.1) is 0 Å². The van der Waals surface area contributed by atoms with Gasteiger partial charge in [0.25, 0.3) is 0 Å². The molecule has 1 aliphatic heterocycles. The van der Waals surface area contributed by atoms with Crippen molar-refractivity contribution in [1.82, 2.24) is 9.80 Å². The van der Waals surface area contributed by atoms with Crippen LogP contribution in [0.1, 0.15) is 52.4 Å². The lowest BCUT2D eigenvalue weighted by atomic mass is 10.1. The van der Waals surface area contributed by atoms with E-state index in [1.165, 1.54) is 25.7 Å². The van der Waals surface area contributed by atoms with E-state index < -0.39 is 0 Å². The van der Waals surface area contributed by atoms with E-state index in [0.717, 1.165) is 32.5 Å². The van der Waals surface area contributed by atoms with Crippen molar-refractivity contribution in [1.29, 1.82) is 0 Å². The fraction of sp³-hybridized carbons (Fsp3) is 0.929. The molecule has 0 aromatic rings. The fourth-order valence-electron chi connectivity index (χ4n) is 2.31. The second-order valence-electron chi connectivity index (χ2n) is 5.33. The van der Waals surface area contributed by atoms with Crippen molar-refractivity contribution in [3.05, 3.63) is 0 Å². The van der Waals surface area contributed by atoms with Gasteiger partial charge in [0.15, 0.2) is 0 Å². The maximum atomic E-state index is 12.0. The second kappa shape index (κ2) is 7.70. The number of hydrogen-bond acceptors (Lipinski definition) is 2. The number of unbranched alkanes of at least 4 members (excludes halogenated alkanes) is 4. The summed E-state index contributed by atoms with van der Waals surface area (Å²) in [4.78, 5) is 16.4. The zero-order chi connectivity index (χ0) is 12.7. The number of piperazine rings is 1. The van der Waals surface area contributed by atoms with Crippen LogP contribution < -0.4 is 0 Å². The van der Waals surface area contributed by atoms with E-state index in [9.17, 15) is 4.79 Å². The lowest BCUT2D eigenvalue weighted by Crippen LogP contribution is -2.51. The highest BCUT2D eigenvalue weighted by Gasteiger charge is 2.23. The van der Waals surface area contributed by atoms with Crippen molar-refractivity contribution >= 4 is 5.91 Å². The quantitative estimate of drug-likeness (QED) is 0.666. The minimum Gasteiger partial charge on any atom is -0.340 e. The number of carbonyl (C=O) groups is 1. The van der Waals surface area contributed by atoms with E-state index in [-0.39, 0.29) is 0 Å². The first-order valence-electron chi connectivity index (χ1n) is 7.13. The molecule has 1 heterocycles. The predicted molar refractivity (Wildman–Crippen MR) is 72.0 cm³/mol. The van der Waals surface area contributed by atoms with Crippen molar-refractivity contribution in [2.24, 2.45) is 0 Å². The lowest BCUT2D eigenvalue weighted by Gasteiger charge is -2.37. The molecule has 1 saturated heterocycles. The standard InChI is InChI=1S/C14H28N2O/c1-4-5-6-7-8-9-14(17)16-11-10-15(3)13(2)12-16/h13H,4-12H2,1-3H3. The van der Waals surface area contributed by atoms with Crippen LogP contribution in [0.25, 0.3) is 0 Å². The van der Waals surface area contributed by atoms with Crippen molar-refractivity contribution in [2.45, 2.75) is 58.4 Å². The number of likely N-dealkylation sites (N-methyl/N-ethyl adjacent to an activating group) is 1. The Balaban J connectivity index is 2.15. The van der Waals surface area contributed by atoms with Crippen molar-refractivity contribution in [3.63, 3.8) is 0 Å². The van der Waals surface area contributed by atoms with Crippen LogP contribution in [0.2, 0.25) is 0 Å². The van der Waals surface area contributed by atoms with Crippen LogP contribution in [0, 0.1) is 0 Å². The molecule has 0 bridgehead atoms. The molecule has 0 radical (unpaired) electrons. The average Bonchev–Trinajstić information content (AvgIpc) is 2.32. The van der Waals surface area contributed by atoms with Gasteiger partial charge in [-0.15, -0.1) is 0 Å². The Bertz CT molecular complexity index is 230. The number of hydrogen-bond donors (Lipinski definition) is 0. The Morgan fingerprint density at radius 2 is 1.88 bits per heavy atom. The summed E-state index contributed by atoms with van der Waals surface area (Å²) in [5.74, 6) is 0.362. The zero-order valence-electron chi connectivity index (χ0n) is 11.7. The Hall–Kier alpha value is -0.570. The molecule has 1 fully saturated rings. The molecule has 1 atom stereocenters. The summed E-state index contributed by atoms with van der Waals surface area (Å²) < 4.78 is 0. The molecule has 1 aliphatic rings. The highest BCUT2D eigenvalue weighted by molar-refractivity contribution is 5.76. The summed E-state index contributed by atoms with van der Waals surface area (Å²) in [6.45, 7) is 7.25. The summed E-state index contributed by atoms with van der Waals surface area (Å²) in [5.41, 5.74) is 0. The lowest BCUT2D eigenvalue weighted by molar-refractivity contribution is -0.133. The molecule has 1 unspecified atom stereocenters. The molecule has 0 aromatic heterocycles. The smallest absolute Gasteiger partial charge is 0.222 e. The molecule has 1 rings (SSSR count). The van der Waals surface area contributed by atoms with Gasteiger partial charge in [0, 0.05) is 32.1 Å². The third-order valence-corrected chi connectivity index (χ3v) is 3.81. The molecular weight excluding hydrogens is 212 g/mol. The van der Waals surface area contributed by atoms with Gasteiger partial charge in [-0.05, 0) is 20.4 Å². The van der Waals surface area contributed by atoms with E-state index in [1.54, 1.807) is 0 Å². The molecule has 0 aliphatic carbocycles. The van der Waals surface area contributed by atoms with Gasteiger partial charge in [0.2, 0.25) is 5.91 Å². The molecule has 0 N–H and O–H groups in total. The van der Waals surface area contributed by atoms with E-state index in [2.05, 4.69) is 25.8 Å². The zero-order valence-corrected chi connectivity index (χ0v) is 11.7. The maximum Gasteiger partial charge on any atom is 0.222 e. The molecule has 0 aromatic carbocycles. The van der Waals surface area contributed by atoms with Gasteiger partial charge in [-0.3, -0.25) is 4.79 Å². The molecule has 0 spiro atoms. The Morgan fingerprint density at radius 3 is 2.53 bits per heavy atom. The summed E-state index contributed by atoms with van der Waals surface area (Å²) in [6, 6.07) is 0.507. The molecule has 0 saturated carbocycles. The van der Waals surface area contributed by atoms with Crippen LogP contribution in [-0.2, 0) is 4.79 Å². The molecule has 1 amide bonds. The van der Waals surface area contributed by atoms with E-state index in [4.69, 9.17) is 0 Å². The third-order valence-electron chi connectivity index (χ3n) is 3.81. The fourth-order valence-corrected chi connectivity index (χ4v) is 2.31. The van der Waals surface area contributed by atoms with Crippen LogP contribution in [-0.4, -0.2) is 48.4 Å². The summed E-state index contributed by atoms with van der Waals surface area (Å²) in [5, 5.41) is 0. The molecular formula is C14H28N2O. The number of rotatable bonds is 6. The van der Waals surface area contributed by atoms with Crippen LogP contribution in [0.3, 0.4) is 0 Å². The van der Waals surface area contributed by atoms with E-state index in [0.29, 0.717) is 11.9 Å². The monoisotopic (exact) mass is 240 g/mol. The van der Waals surface area contributed by atoms with Gasteiger partial charge in [0.1, 0.15) is 0 Å². The number of amides is 1. The van der Waals surface area contributed by atoms with E-state index >= 15 is 0 Å². The first-order chi connectivity index (χ1) is 8.15. The molecule has 3 heteroatoms. The van der Waals surface area contributed by atoms with Gasteiger partial charge in [-0.25, -0.2) is 0 Å². The highest BCUT2D eigenvalue weighted by Crippen LogP contribution is 2.11. The van der Waals surface area contributed by atoms with Gasteiger partial charge < -0.3 is 9.80 Å². The highest BCUT2D eigenvalue weighted by atomic mass is 16.2. The average molecular weight is 240 g/mol. The minimum atomic E-state index is 0.362. The largest absolute Gasteiger partial charge is 0.340 e. The Morgan fingerprint density at radius 1 is 1.18 bits per heavy atom. The van der Waals surface area contributed by atoms with Crippen molar-refractivity contribution in [3.8, 4) is 0 Å². The number of nitrogens with zero attached hydrogens (tertiary/aromatic N) is 2. The Kier molecular flexibility index (Phi) is 6.56.